The standard InChI is InChI=1S/C16H26N4O3S/c1-24(22,23)9-8-20-7-6-15(19-20)18-16(21)14-10-13(14)11-2-4-12(17)5-3-11/h6-7,11-14H,2-5,8-10,17H2,1H3,(H,18,19,21)/t11?,12?,13-,14+/m0/s1. The molecule has 2 aliphatic rings. The molecule has 2 aliphatic carbocycles. The summed E-state index contributed by atoms with van der Waals surface area (Å²) < 4.78 is 23.9. The van der Waals surface area contributed by atoms with E-state index in [0.717, 1.165) is 32.1 Å². The second-order valence-electron chi connectivity index (χ2n) is 7.26. The van der Waals surface area contributed by atoms with Gasteiger partial charge < -0.3 is 11.1 Å². The number of aromatic nitrogens is 2. The Balaban J connectivity index is 1.47. The molecule has 8 heteroatoms. The molecule has 0 aromatic carbocycles. The highest BCUT2D eigenvalue weighted by Crippen LogP contribution is 2.49. The lowest BCUT2D eigenvalue weighted by atomic mass is 9.83. The van der Waals surface area contributed by atoms with Crippen molar-refractivity contribution < 1.29 is 13.2 Å². The van der Waals surface area contributed by atoms with Gasteiger partial charge in [0.25, 0.3) is 0 Å². The molecule has 2 atom stereocenters. The van der Waals surface area contributed by atoms with Crippen molar-refractivity contribution >= 4 is 21.6 Å². The molecule has 3 N–H and O–H groups in total. The zero-order valence-corrected chi connectivity index (χ0v) is 14.8. The maximum Gasteiger partial charge on any atom is 0.228 e. The van der Waals surface area contributed by atoms with Crippen LogP contribution < -0.4 is 11.1 Å². The van der Waals surface area contributed by atoms with Gasteiger partial charge in [-0.2, -0.15) is 5.10 Å². The van der Waals surface area contributed by atoms with E-state index in [9.17, 15) is 13.2 Å². The second-order valence-corrected chi connectivity index (χ2v) is 9.52. The molecule has 3 rings (SSSR count). The van der Waals surface area contributed by atoms with Gasteiger partial charge in [-0.3, -0.25) is 9.48 Å². The van der Waals surface area contributed by atoms with Crippen molar-refractivity contribution in [2.24, 2.45) is 23.5 Å². The maximum absolute atomic E-state index is 12.3. The molecule has 0 unspecified atom stereocenters. The van der Waals surface area contributed by atoms with E-state index >= 15 is 0 Å². The molecule has 1 heterocycles. The van der Waals surface area contributed by atoms with Gasteiger partial charge in [-0.15, -0.1) is 0 Å². The van der Waals surface area contributed by atoms with Crippen LogP contribution in [0, 0.1) is 17.8 Å². The number of aryl methyl sites for hydroxylation is 1. The van der Waals surface area contributed by atoms with Crippen molar-refractivity contribution in [3.8, 4) is 0 Å². The summed E-state index contributed by atoms with van der Waals surface area (Å²) in [5, 5.41) is 7.07. The summed E-state index contributed by atoms with van der Waals surface area (Å²) in [6.45, 7) is 0.295. The van der Waals surface area contributed by atoms with E-state index in [2.05, 4.69) is 10.4 Å². The average molecular weight is 354 g/mol. The van der Waals surface area contributed by atoms with E-state index in [4.69, 9.17) is 5.73 Å². The first-order valence-corrected chi connectivity index (χ1v) is 10.7. The van der Waals surface area contributed by atoms with Crippen LogP contribution in [0.3, 0.4) is 0 Å². The number of hydrogen-bond acceptors (Lipinski definition) is 5. The van der Waals surface area contributed by atoms with Gasteiger partial charge in [0.2, 0.25) is 5.91 Å². The summed E-state index contributed by atoms with van der Waals surface area (Å²) in [6, 6.07) is 2.04. The number of carbonyl (C=O) groups is 1. The third kappa shape index (κ3) is 4.57. The second kappa shape index (κ2) is 6.84. The first-order valence-electron chi connectivity index (χ1n) is 8.59. The normalized spacial score (nSPS) is 30.1. The van der Waals surface area contributed by atoms with E-state index in [1.807, 2.05) is 0 Å². The van der Waals surface area contributed by atoms with Crippen LogP contribution in [0.2, 0.25) is 0 Å². The lowest BCUT2D eigenvalue weighted by Crippen LogP contribution is -2.28. The molecular weight excluding hydrogens is 328 g/mol. The number of nitrogens with one attached hydrogen (secondary N) is 1. The van der Waals surface area contributed by atoms with Crippen LogP contribution in [-0.4, -0.2) is 42.2 Å². The van der Waals surface area contributed by atoms with Gasteiger partial charge in [0.15, 0.2) is 5.82 Å². The van der Waals surface area contributed by atoms with E-state index in [-0.39, 0.29) is 17.6 Å². The minimum absolute atomic E-state index is 0.0308. The van der Waals surface area contributed by atoms with Crippen LogP contribution in [-0.2, 0) is 21.2 Å². The Bertz CT molecular complexity index is 692. The molecule has 0 bridgehead atoms. The van der Waals surface area contributed by atoms with Gasteiger partial charge in [-0.1, -0.05) is 0 Å². The predicted octanol–water partition coefficient (Wildman–Crippen LogP) is 1.02. The smallest absolute Gasteiger partial charge is 0.228 e. The van der Waals surface area contributed by atoms with Crippen LogP contribution >= 0.6 is 0 Å². The summed E-state index contributed by atoms with van der Waals surface area (Å²) in [5.74, 6) is 1.77. The number of rotatable bonds is 6. The number of anilines is 1. The van der Waals surface area contributed by atoms with Crippen LogP contribution in [0.25, 0.3) is 0 Å². The fourth-order valence-corrected chi connectivity index (χ4v) is 4.16. The lowest BCUT2D eigenvalue weighted by molar-refractivity contribution is -0.117. The molecule has 1 aromatic heterocycles. The SMILES string of the molecule is CS(=O)(=O)CCn1ccc(NC(=O)[C@@H]2C[C@H]2C2CCC(N)CC2)n1. The van der Waals surface area contributed by atoms with E-state index in [1.54, 1.807) is 16.9 Å². The number of sulfone groups is 1. The number of nitrogens with zero attached hydrogens (tertiary/aromatic N) is 2. The van der Waals surface area contributed by atoms with Crippen molar-refractivity contribution in [1.29, 1.82) is 0 Å². The zero-order valence-electron chi connectivity index (χ0n) is 14.0. The molecule has 0 spiro atoms. The Morgan fingerprint density at radius 2 is 2.08 bits per heavy atom. The van der Waals surface area contributed by atoms with Crippen molar-refractivity contribution in [2.45, 2.75) is 44.7 Å². The van der Waals surface area contributed by atoms with Crippen molar-refractivity contribution in [1.82, 2.24) is 9.78 Å². The molecule has 0 saturated heterocycles. The molecule has 134 valence electrons. The minimum atomic E-state index is -3.02. The van der Waals surface area contributed by atoms with Gasteiger partial charge in [-0.05, 0) is 43.9 Å². The van der Waals surface area contributed by atoms with Gasteiger partial charge in [0.05, 0.1) is 12.3 Å². The summed E-state index contributed by atoms with van der Waals surface area (Å²) in [4.78, 5) is 12.3. The number of carbonyl (C=O) groups excluding carboxylic acids is 1. The maximum atomic E-state index is 12.3. The number of amides is 1. The third-order valence-corrected chi connectivity index (χ3v) is 6.11. The van der Waals surface area contributed by atoms with Crippen LogP contribution in [0.1, 0.15) is 32.1 Å². The Kier molecular flexibility index (Phi) is 4.96. The van der Waals surface area contributed by atoms with Gasteiger partial charge in [0, 0.05) is 30.5 Å². The van der Waals surface area contributed by atoms with Crippen LogP contribution in [0.5, 0.6) is 0 Å². The monoisotopic (exact) mass is 354 g/mol. The van der Waals surface area contributed by atoms with Crippen molar-refractivity contribution in [3.63, 3.8) is 0 Å². The molecule has 0 aliphatic heterocycles. The predicted molar refractivity (Wildman–Crippen MR) is 92.1 cm³/mol. The Morgan fingerprint density at radius 1 is 1.38 bits per heavy atom. The van der Waals surface area contributed by atoms with Crippen LogP contribution in [0.4, 0.5) is 5.82 Å². The molecular formula is C16H26N4O3S. The van der Waals surface area contributed by atoms with Crippen molar-refractivity contribution in [2.75, 3.05) is 17.3 Å². The molecule has 24 heavy (non-hydrogen) atoms. The first-order chi connectivity index (χ1) is 11.3. The molecule has 1 amide bonds. The molecule has 1 aromatic rings. The average Bonchev–Trinajstić information content (AvgIpc) is 3.19. The number of hydrogen-bond donors (Lipinski definition) is 2. The molecule has 0 radical (unpaired) electrons. The largest absolute Gasteiger partial charge is 0.328 e. The van der Waals surface area contributed by atoms with Crippen molar-refractivity contribution in [3.05, 3.63) is 12.3 Å². The highest BCUT2D eigenvalue weighted by molar-refractivity contribution is 7.90. The fraction of sp³-hybridized carbons (Fsp3) is 0.750. The van der Waals surface area contributed by atoms with Gasteiger partial charge in [0.1, 0.15) is 9.84 Å². The summed E-state index contributed by atoms with van der Waals surface area (Å²) in [5.41, 5.74) is 5.94. The highest BCUT2D eigenvalue weighted by atomic mass is 32.2. The summed E-state index contributed by atoms with van der Waals surface area (Å²) in [7, 11) is -3.02. The lowest BCUT2D eigenvalue weighted by Gasteiger charge is -2.26. The Hall–Kier alpha value is -1.41. The fourth-order valence-electron chi connectivity index (χ4n) is 3.64. The van der Waals surface area contributed by atoms with Gasteiger partial charge in [-0.25, -0.2) is 8.42 Å². The quantitative estimate of drug-likeness (QED) is 0.793. The Morgan fingerprint density at radius 3 is 2.75 bits per heavy atom. The van der Waals surface area contributed by atoms with Gasteiger partial charge >= 0.3 is 0 Å². The highest BCUT2D eigenvalue weighted by Gasteiger charge is 2.47. The zero-order chi connectivity index (χ0) is 17.3. The summed E-state index contributed by atoms with van der Waals surface area (Å²) in [6.07, 6.45) is 8.25. The van der Waals surface area contributed by atoms with E-state index < -0.39 is 9.84 Å². The topological polar surface area (TPSA) is 107 Å². The molecule has 2 fully saturated rings. The van der Waals surface area contributed by atoms with E-state index in [0.29, 0.717) is 30.2 Å². The molecule has 7 nitrogen and oxygen atoms in total. The van der Waals surface area contributed by atoms with Crippen LogP contribution in [0.15, 0.2) is 12.3 Å². The minimum Gasteiger partial charge on any atom is -0.328 e. The molecule has 2 saturated carbocycles. The summed E-state index contributed by atoms with van der Waals surface area (Å²) >= 11 is 0. The third-order valence-electron chi connectivity index (χ3n) is 5.18. The Labute approximate surface area is 142 Å². The number of nitrogens with two attached hydrogens (primary N) is 1. The first kappa shape index (κ1) is 17.4. The van der Waals surface area contributed by atoms with E-state index in [1.165, 1.54) is 6.26 Å².